The van der Waals surface area contributed by atoms with Gasteiger partial charge in [0.1, 0.15) is 5.75 Å². The van der Waals surface area contributed by atoms with E-state index < -0.39 is 0 Å². The lowest BCUT2D eigenvalue weighted by Gasteiger charge is -2.13. The van der Waals surface area contributed by atoms with Gasteiger partial charge in [0.05, 0.1) is 17.0 Å². The number of rotatable bonds is 3. The van der Waals surface area contributed by atoms with E-state index in [1.165, 1.54) is 10.8 Å². The number of alkyl halides is 1. The summed E-state index contributed by atoms with van der Waals surface area (Å²) in [6, 6.07) is 20.6. The van der Waals surface area contributed by atoms with E-state index in [1.54, 1.807) is 7.11 Å². The molecule has 0 spiro atoms. The second-order valence-electron chi connectivity index (χ2n) is 4.86. The van der Waals surface area contributed by atoms with Gasteiger partial charge in [-0.05, 0) is 56.0 Å². The van der Waals surface area contributed by atoms with Crippen molar-refractivity contribution in [2.24, 2.45) is 0 Å². The van der Waals surface area contributed by atoms with Gasteiger partial charge in [-0.15, -0.1) is 11.6 Å². The zero-order valence-corrected chi connectivity index (χ0v) is 13.9. The van der Waals surface area contributed by atoms with E-state index in [0.717, 1.165) is 21.3 Å². The summed E-state index contributed by atoms with van der Waals surface area (Å²) in [5.74, 6) is 0.807. The molecular weight excluding hydrogens is 348 g/mol. The van der Waals surface area contributed by atoms with Crippen molar-refractivity contribution in [3.05, 3.63) is 76.3 Å². The molecule has 0 saturated carbocycles. The van der Waals surface area contributed by atoms with Crippen LogP contribution in [0, 0.1) is 0 Å². The van der Waals surface area contributed by atoms with Gasteiger partial charge in [-0.3, -0.25) is 0 Å². The average molecular weight is 362 g/mol. The van der Waals surface area contributed by atoms with E-state index in [1.807, 2.05) is 30.3 Å². The zero-order chi connectivity index (χ0) is 14.8. The lowest BCUT2D eigenvalue weighted by molar-refractivity contribution is 0.412. The van der Waals surface area contributed by atoms with E-state index in [0.29, 0.717) is 0 Å². The third-order valence-corrected chi connectivity index (χ3v) is 4.66. The van der Waals surface area contributed by atoms with Crippen LogP contribution in [0.15, 0.2) is 65.1 Å². The molecule has 1 atom stereocenters. The first-order valence-electron chi connectivity index (χ1n) is 6.65. The Morgan fingerprint density at radius 1 is 0.905 bits per heavy atom. The van der Waals surface area contributed by atoms with Gasteiger partial charge < -0.3 is 4.74 Å². The predicted molar refractivity (Wildman–Crippen MR) is 92.3 cm³/mol. The quantitative estimate of drug-likeness (QED) is 0.525. The fourth-order valence-electron chi connectivity index (χ4n) is 2.40. The minimum Gasteiger partial charge on any atom is -0.496 e. The molecule has 0 amide bonds. The Kier molecular flexibility index (Phi) is 4.18. The van der Waals surface area contributed by atoms with Crippen molar-refractivity contribution in [1.82, 2.24) is 0 Å². The van der Waals surface area contributed by atoms with E-state index in [2.05, 4.69) is 46.3 Å². The lowest BCUT2D eigenvalue weighted by atomic mass is 10.0. The van der Waals surface area contributed by atoms with Crippen LogP contribution in [0.3, 0.4) is 0 Å². The van der Waals surface area contributed by atoms with Gasteiger partial charge in [-0.25, -0.2) is 0 Å². The number of fused-ring (bicyclic) bond motifs is 1. The van der Waals surface area contributed by atoms with Crippen LogP contribution in [0.2, 0.25) is 0 Å². The summed E-state index contributed by atoms with van der Waals surface area (Å²) >= 11 is 10.1. The van der Waals surface area contributed by atoms with Crippen molar-refractivity contribution < 1.29 is 4.74 Å². The Bertz CT molecular complexity index is 785. The van der Waals surface area contributed by atoms with Gasteiger partial charge in [0, 0.05) is 0 Å². The highest BCUT2D eigenvalue weighted by atomic mass is 79.9. The third kappa shape index (κ3) is 2.92. The molecule has 3 aromatic rings. The molecule has 0 aliphatic heterocycles. The topological polar surface area (TPSA) is 9.23 Å². The van der Waals surface area contributed by atoms with Crippen molar-refractivity contribution >= 4 is 38.3 Å². The highest BCUT2D eigenvalue weighted by molar-refractivity contribution is 9.10. The fourth-order valence-corrected chi connectivity index (χ4v) is 3.23. The normalized spacial score (nSPS) is 12.3. The van der Waals surface area contributed by atoms with Crippen molar-refractivity contribution in [2.75, 3.05) is 7.11 Å². The maximum absolute atomic E-state index is 6.64. The highest BCUT2D eigenvalue weighted by Gasteiger charge is 2.13. The zero-order valence-electron chi connectivity index (χ0n) is 11.5. The Labute approximate surface area is 137 Å². The molecule has 0 fully saturated rings. The SMILES string of the molecule is COc1ccc(C(Cl)c2ccc3ccccc3c2)cc1Br. The molecule has 3 heteroatoms. The van der Waals surface area contributed by atoms with Crippen LogP contribution in [0.4, 0.5) is 0 Å². The molecule has 3 rings (SSSR count). The molecule has 1 unspecified atom stereocenters. The van der Waals surface area contributed by atoms with Crippen LogP contribution >= 0.6 is 27.5 Å². The largest absolute Gasteiger partial charge is 0.496 e. The Hall–Kier alpha value is -1.51. The summed E-state index contributed by atoms with van der Waals surface area (Å²) in [5.41, 5.74) is 2.13. The van der Waals surface area contributed by atoms with Gasteiger partial charge in [-0.1, -0.05) is 42.5 Å². The summed E-state index contributed by atoms with van der Waals surface area (Å²) in [5, 5.41) is 2.24. The molecule has 0 aromatic heterocycles. The summed E-state index contributed by atoms with van der Waals surface area (Å²) in [7, 11) is 1.65. The molecule has 1 nitrogen and oxygen atoms in total. The lowest BCUT2D eigenvalue weighted by Crippen LogP contribution is -1.94. The minimum absolute atomic E-state index is 0.184. The van der Waals surface area contributed by atoms with E-state index >= 15 is 0 Å². The number of benzene rings is 3. The molecule has 21 heavy (non-hydrogen) atoms. The van der Waals surface area contributed by atoms with E-state index in [9.17, 15) is 0 Å². The molecule has 0 saturated heterocycles. The second-order valence-corrected chi connectivity index (χ2v) is 6.15. The summed E-state index contributed by atoms with van der Waals surface area (Å²) in [6.45, 7) is 0. The second kappa shape index (κ2) is 6.08. The van der Waals surface area contributed by atoms with Gasteiger partial charge in [0.15, 0.2) is 0 Å². The third-order valence-electron chi connectivity index (χ3n) is 3.53. The molecule has 0 radical (unpaired) electrons. The molecule has 0 heterocycles. The molecule has 0 N–H and O–H groups in total. The van der Waals surface area contributed by atoms with Crippen molar-refractivity contribution in [2.45, 2.75) is 5.38 Å². The Balaban J connectivity index is 1.99. The highest BCUT2D eigenvalue weighted by Crippen LogP contribution is 2.35. The number of hydrogen-bond donors (Lipinski definition) is 0. The number of ether oxygens (including phenoxy) is 1. The van der Waals surface area contributed by atoms with Crippen LogP contribution in [-0.4, -0.2) is 7.11 Å². The maximum Gasteiger partial charge on any atom is 0.133 e. The molecular formula is C18H14BrClO. The number of halogens is 2. The number of methoxy groups -OCH3 is 1. The van der Waals surface area contributed by atoms with Gasteiger partial charge in [0.2, 0.25) is 0 Å². The molecule has 106 valence electrons. The smallest absolute Gasteiger partial charge is 0.133 e. The monoisotopic (exact) mass is 360 g/mol. The Morgan fingerprint density at radius 2 is 1.57 bits per heavy atom. The summed E-state index contributed by atoms with van der Waals surface area (Å²) < 4.78 is 6.16. The molecule has 3 aromatic carbocycles. The first kappa shape index (κ1) is 14.4. The summed E-state index contributed by atoms with van der Waals surface area (Å²) in [4.78, 5) is 0. The molecule has 0 aliphatic rings. The first-order valence-corrected chi connectivity index (χ1v) is 7.88. The number of hydrogen-bond acceptors (Lipinski definition) is 1. The first-order chi connectivity index (χ1) is 10.2. The Morgan fingerprint density at radius 3 is 2.29 bits per heavy atom. The van der Waals surface area contributed by atoms with Crippen LogP contribution in [-0.2, 0) is 0 Å². The van der Waals surface area contributed by atoms with Crippen LogP contribution in [0.5, 0.6) is 5.75 Å². The van der Waals surface area contributed by atoms with Crippen molar-refractivity contribution in [1.29, 1.82) is 0 Å². The van der Waals surface area contributed by atoms with E-state index in [-0.39, 0.29) is 5.38 Å². The van der Waals surface area contributed by atoms with Crippen LogP contribution < -0.4 is 4.74 Å². The van der Waals surface area contributed by atoms with Gasteiger partial charge >= 0.3 is 0 Å². The van der Waals surface area contributed by atoms with Crippen LogP contribution in [0.1, 0.15) is 16.5 Å². The minimum atomic E-state index is -0.184. The van der Waals surface area contributed by atoms with Gasteiger partial charge in [-0.2, -0.15) is 0 Å². The van der Waals surface area contributed by atoms with E-state index in [4.69, 9.17) is 16.3 Å². The fraction of sp³-hybridized carbons (Fsp3) is 0.111. The standard InChI is InChI=1S/C18H14BrClO/c1-21-17-9-8-15(11-16(17)19)18(20)14-7-6-12-4-2-3-5-13(12)10-14/h2-11,18H,1H3. The summed E-state index contributed by atoms with van der Waals surface area (Å²) in [6.07, 6.45) is 0. The predicted octanol–water partition coefficient (Wildman–Crippen LogP) is 5.94. The van der Waals surface area contributed by atoms with Crippen LogP contribution in [0.25, 0.3) is 10.8 Å². The van der Waals surface area contributed by atoms with Crippen molar-refractivity contribution in [3.8, 4) is 5.75 Å². The molecule has 0 aliphatic carbocycles. The average Bonchev–Trinajstić information content (AvgIpc) is 2.53. The van der Waals surface area contributed by atoms with Crippen molar-refractivity contribution in [3.63, 3.8) is 0 Å². The maximum atomic E-state index is 6.64. The molecule has 0 bridgehead atoms. The van der Waals surface area contributed by atoms with Gasteiger partial charge in [0.25, 0.3) is 0 Å².